The Labute approximate surface area is 89.9 Å². The number of ether oxygens (including phenoxy) is 1. The van der Waals surface area contributed by atoms with Gasteiger partial charge in [0, 0.05) is 11.3 Å². The molecule has 0 bridgehead atoms. The van der Waals surface area contributed by atoms with E-state index in [1.807, 2.05) is 0 Å². The van der Waals surface area contributed by atoms with Gasteiger partial charge in [-0.1, -0.05) is 0 Å². The summed E-state index contributed by atoms with van der Waals surface area (Å²) >= 11 is 0. The number of carbonyl (C=O) groups is 1. The van der Waals surface area contributed by atoms with Crippen molar-refractivity contribution in [3.8, 4) is 6.07 Å². The van der Waals surface area contributed by atoms with Crippen LogP contribution in [-0.4, -0.2) is 18.6 Å². The smallest absolute Gasteiger partial charge is 0.328 e. The third kappa shape index (κ3) is 2.98. The number of allylic oxidation sites excluding steroid dienone is 2. The Balaban J connectivity index is 2.55. The molecule has 15 heavy (non-hydrogen) atoms. The van der Waals surface area contributed by atoms with Crippen LogP contribution in [0.15, 0.2) is 11.3 Å². The van der Waals surface area contributed by atoms with E-state index in [-0.39, 0.29) is 12.0 Å². The van der Waals surface area contributed by atoms with Crippen LogP contribution >= 0.6 is 0 Å². The molecule has 0 fully saturated rings. The molecule has 1 aliphatic rings. The van der Waals surface area contributed by atoms with Gasteiger partial charge >= 0.3 is 5.97 Å². The molecule has 1 N–H and O–H groups in total. The number of nitrogens with zero attached hydrogens (tertiary/aromatic N) is 1. The number of hydrogen-bond donors (Lipinski definition) is 1. The quantitative estimate of drug-likeness (QED) is 0.711. The molecule has 0 aromatic heterocycles. The number of carbonyl (C=O) groups excluding carboxylic acids is 1. The Morgan fingerprint density at radius 3 is 3.00 bits per heavy atom. The van der Waals surface area contributed by atoms with Crippen molar-refractivity contribution in [1.82, 2.24) is 5.32 Å². The standard InChI is InChI=1S/C11H16N2O2/c1-3-15-11(14)8(2)13-10-6-4-5-9(10)7-12/h8,13H,3-6H2,1-2H3/t8-/m0/s1. The van der Waals surface area contributed by atoms with E-state index in [2.05, 4.69) is 11.4 Å². The Bertz CT molecular complexity index is 315. The summed E-state index contributed by atoms with van der Waals surface area (Å²) in [7, 11) is 0. The third-order valence-corrected chi connectivity index (χ3v) is 2.38. The number of rotatable bonds is 4. The van der Waals surface area contributed by atoms with Gasteiger partial charge in [-0.25, -0.2) is 4.79 Å². The number of esters is 1. The second kappa shape index (κ2) is 5.40. The van der Waals surface area contributed by atoms with Crippen LogP contribution < -0.4 is 5.32 Å². The minimum Gasteiger partial charge on any atom is -0.464 e. The van der Waals surface area contributed by atoms with Crippen molar-refractivity contribution in [2.45, 2.75) is 39.2 Å². The van der Waals surface area contributed by atoms with Gasteiger partial charge in [0.1, 0.15) is 6.04 Å². The second-order valence-electron chi connectivity index (χ2n) is 3.54. The summed E-state index contributed by atoms with van der Waals surface area (Å²) in [5.41, 5.74) is 1.67. The highest BCUT2D eigenvalue weighted by atomic mass is 16.5. The zero-order chi connectivity index (χ0) is 11.3. The van der Waals surface area contributed by atoms with Gasteiger partial charge < -0.3 is 10.1 Å². The predicted octanol–water partition coefficient (Wildman–Crippen LogP) is 1.49. The molecule has 1 rings (SSSR count). The van der Waals surface area contributed by atoms with Crippen LogP contribution in [0.4, 0.5) is 0 Å². The lowest BCUT2D eigenvalue weighted by Crippen LogP contribution is -2.34. The zero-order valence-electron chi connectivity index (χ0n) is 9.17. The summed E-state index contributed by atoms with van der Waals surface area (Å²) in [6.45, 7) is 3.91. The van der Waals surface area contributed by atoms with E-state index in [0.717, 1.165) is 30.5 Å². The SMILES string of the molecule is CCOC(=O)[C@H](C)NC1=C(C#N)CCC1. The van der Waals surface area contributed by atoms with Gasteiger partial charge in [0.2, 0.25) is 0 Å². The van der Waals surface area contributed by atoms with Crippen LogP contribution in [0.3, 0.4) is 0 Å². The predicted molar refractivity (Wildman–Crippen MR) is 55.7 cm³/mol. The van der Waals surface area contributed by atoms with Gasteiger partial charge in [-0.3, -0.25) is 0 Å². The Morgan fingerprint density at radius 2 is 2.40 bits per heavy atom. The van der Waals surface area contributed by atoms with Crippen molar-refractivity contribution in [2.75, 3.05) is 6.61 Å². The van der Waals surface area contributed by atoms with Gasteiger partial charge in [-0.15, -0.1) is 0 Å². The summed E-state index contributed by atoms with van der Waals surface area (Å²) in [6.07, 6.45) is 2.65. The van der Waals surface area contributed by atoms with E-state index in [9.17, 15) is 4.79 Å². The first-order chi connectivity index (χ1) is 7.19. The van der Waals surface area contributed by atoms with Crippen molar-refractivity contribution in [3.63, 3.8) is 0 Å². The maximum absolute atomic E-state index is 11.3. The molecule has 0 spiro atoms. The van der Waals surface area contributed by atoms with Crippen molar-refractivity contribution < 1.29 is 9.53 Å². The molecule has 0 saturated heterocycles. The molecule has 0 amide bonds. The summed E-state index contributed by atoms with van der Waals surface area (Å²) in [4.78, 5) is 11.3. The number of nitriles is 1. The average molecular weight is 208 g/mol. The molecule has 0 saturated carbocycles. The minimum atomic E-state index is -0.374. The lowest BCUT2D eigenvalue weighted by atomic mass is 10.2. The monoisotopic (exact) mass is 208 g/mol. The van der Waals surface area contributed by atoms with Crippen molar-refractivity contribution in [2.24, 2.45) is 0 Å². The molecular weight excluding hydrogens is 192 g/mol. The highest BCUT2D eigenvalue weighted by Gasteiger charge is 2.19. The zero-order valence-corrected chi connectivity index (χ0v) is 9.17. The van der Waals surface area contributed by atoms with Gasteiger partial charge in [0.25, 0.3) is 0 Å². The number of hydrogen-bond acceptors (Lipinski definition) is 4. The summed E-state index contributed by atoms with van der Waals surface area (Å²) in [5.74, 6) is -0.269. The fraction of sp³-hybridized carbons (Fsp3) is 0.636. The van der Waals surface area contributed by atoms with Crippen molar-refractivity contribution in [1.29, 1.82) is 5.26 Å². The Morgan fingerprint density at radius 1 is 1.67 bits per heavy atom. The van der Waals surface area contributed by atoms with E-state index in [1.165, 1.54) is 0 Å². The van der Waals surface area contributed by atoms with Gasteiger partial charge in [-0.2, -0.15) is 5.26 Å². The molecule has 0 aromatic carbocycles. The first-order valence-electron chi connectivity index (χ1n) is 5.24. The molecule has 0 heterocycles. The average Bonchev–Trinajstić information content (AvgIpc) is 2.65. The second-order valence-corrected chi connectivity index (χ2v) is 3.54. The van der Waals surface area contributed by atoms with Crippen LogP contribution in [0.5, 0.6) is 0 Å². The van der Waals surface area contributed by atoms with Crippen LogP contribution in [0, 0.1) is 11.3 Å². The summed E-state index contributed by atoms with van der Waals surface area (Å²) in [6, 6.07) is 1.78. The van der Waals surface area contributed by atoms with Crippen LogP contribution in [0.2, 0.25) is 0 Å². The first-order valence-corrected chi connectivity index (χ1v) is 5.24. The van der Waals surface area contributed by atoms with E-state index in [0.29, 0.717) is 6.61 Å². The molecule has 1 aliphatic carbocycles. The fourth-order valence-electron chi connectivity index (χ4n) is 1.61. The maximum Gasteiger partial charge on any atom is 0.328 e. The van der Waals surface area contributed by atoms with Gasteiger partial charge in [-0.05, 0) is 33.1 Å². The fourth-order valence-corrected chi connectivity index (χ4v) is 1.61. The third-order valence-electron chi connectivity index (χ3n) is 2.38. The number of nitrogens with one attached hydrogen (secondary N) is 1. The highest BCUT2D eigenvalue weighted by Crippen LogP contribution is 2.23. The molecule has 4 nitrogen and oxygen atoms in total. The molecule has 82 valence electrons. The molecule has 0 unspecified atom stereocenters. The van der Waals surface area contributed by atoms with Crippen molar-refractivity contribution >= 4 is 5.97 Å². The van der Waals surface area contributed by atoms with Crippen LogP contribution in [-0.2, 0) is 9.53 Å². The molecule has 0 aliphatic heterocycles. The molecule has 4 heteroatoms. The lowest BCUT2D eigenvalue weighted by molar-refractivity contribution is -0.144. The highest BCUT2D eigenvalue weighted by molar-refractivity contribution is 5.75. The largest absolute Gasteiger partial charge is 0.464 e. The van der Waals surface area contributed by atoms with Gasteiger partial charge in [0.05, 0.1) is 12.7 Å². The van der Waals surface area contributed by atoms with E-state index < -0.39 is 0 Å². The molecule has 1 atom stereocenters. The van der Waals surface area contributed by atoms with E-state index >= 15 is 0 Å². The van der Waals surface area contributed by atoms with Crippen molar-refractivity contribution in [3.05, 3.63) is 11.3 Å². The lowest BCUT2D eigenvalue weighted by Gasteiger charge is -2.14. The topological polar surface area (TPSA) is 62.1 Å². The Kier molecular flexibility index (Phi) is 4.17. The van der Waals surface area contributed by atoms with Gasteiger partial charge in [0.15, 0.2) is 0 Å². The molecule has 0 aromatic rings. The molecule has 0 radical (unpaired) electrons. The molecular formula is C11H16N2O2. The van der Waals surface area contributed by atoms with E-state index in [1.54, 1.807) is 13.8 Å². The normalized spacial score (nSPS) is 17.1. The first kappa shape index (κ1) is 11.6. The Hall–Kier alpha value is -1.50. The summed E-state index contributed by atoms with van der Waals surface area (Å²) in [5, 5.41) is 11.9. The van der Waals surface area contributed by atoms with Crippen LogP contribution in [0.25, 0.3) is 0 Å². The van der Waals surface area contributed by atoms with E-state index in [4.69, 9.17) is 10.00 Å². The maximum atomic E-state index is 11.3. The minimum absolute atomic E-state index is 0.269. The van der Waals surface area contributed by atoms with Crippen LogP contribution in [0.1, 0.15) is 33.1 Å². The summed E-state index contributed by atoms with van der Waals surface area (Å²) < 4.78 is 4.88.